The van der Waals surface area contributed by atoms with Crippen LogP contribution >= 0.6 is 11.3 Å². The Balaban J connectivity index is 1.51. The molecule has 2 aromatic carbocycles. The Bertz CT molecular complexity index is 1660. The van der Waals surface area contributed by atoms with E-state index >= 15 is 0 Å². The summed E-state index contributed by atoms with van der Waals surface area (Å²) in [5, 5.41) is 4.34. The Labute approximate surface area is 190 Å². The van der Waals surface area contributed by atoms with E-state index in [1.54, 1.807) is 54.9 Å². The van der Waals surface area contributed by atoms with Gasteiger partial charge in [0.1, 0.15) is 10.3 Å². The number of nitrogens with zero attached hydrogens (tertiary/aromatic N) is 5. The molecule has 0 radical (unpaired) electrons. The average Bonchev–Trinajstić information content (AvgIpc) is 3.47. The van der Waals surface area contributed by atoms with Crippen molar-refractivity contribution in [3.8, 4) is 11.4 Å². The molecule has 5 aromatic rings. The van der Waals surface area contributed by atoms with Crippen LogP contribution in [0, 0.1) is 5.82 Å². The van der Waals surface area contributed by atoms with Crippen molar-refractivity contribution in [1.29, 1.82) is 0 Å². The highest BCUT2D eigenvalue weighted by Gasteiger charge is 2.34. The van der Waals surface area contributed by atoms with E-state index in [9.17, 15) is 14.0 Å². The van der Waals surface area contributed by atoms with Gasteiger partial charge < -0.3 is 4.90 Å². The molecule has 0 atom stereocenters. The van der Waals surface area contributed by atoms with Gasteiger partial charge in [0.2, 0.25) is 4.96 Å². The summed E-state index contributed by atoms with van der Waals surface area (Å²) in [6.45, 7) is 0.0627. The van der Waals surface area contributed by atoms with Crippen LogP contribution in [0.5, 0.6) is 0 Å². The predicted molar refractivity (Wildman–Crippen MR) is 122 cm³/mol. The zero-order valence-corrected chi connectivity index (χ0v) is 17.8. The standard InChI is InChI=1S/C24H14FN5O2S/c25-17-7-3-1-5-15(17)13-29-18-8-4-2-6-16(18)19(22(29)31)20-23(32)30-24(33-20)27-21(28-30)14-9-11-26-12-10-14/h1-12H,13H2. The summed E-state index contributed by atoms with van der Waals surface area (Å²) < 4.78 is 15.8. The van der Waals surface area contributed by atoms with Gasteiger partial charge in [0, 0.05) is 29.1 Å². The number of fused-ring (bicyclic) bond motifs is 2. The minimum atomic E-state index is -0.409. The molecule has 3 aromatic heterocycles. The number of para-hydroxylation sites is 1. The number of anilines is 1. The molecular formula is C24H14FN5O2S. The molecule has 1 amide bonds. The van der Waals surface area contributed by atoms with E-state index < -0.39 is 5.56 Å². The summed E-state index contributed by atoms with van der Waals surface area (Å²) in [4.78, 5) is 37.1. The number of rotatable bonds is 3. The fourth-order valence-electron chi connectivity index (χ4n) is 3.96. The third-order valence-electron chi connectivity index (χ3n) is 5.53. The molecule has 0 N–H and O–H groups in total. The molecule has 0 aliphatic carbocycles. The first-order valence-corrected chi connectivity index (χ1v) is 10.9. The van der Waals surface area contributed by atoms with Gasteiger partial charge in [-0.05, 0) is 24.3 Å². The molecule has 4 heterocycles. The first-order valence-electron chi connectivity index (χ1n) is 10.1. The van der Waals surface area contributed by atoms with Gasteiger partial charge in [0.15, 0.2) is 5.82 Å². The molecule has 0 spiro atoms. The second-order valence-corrected chi connectivity index (χ2v) is 8.45. The quantitative estimate of drug-likeness (QED) is 0.418. The van der Waals surface area contributed by atoms with Gasteiger partial charge in [0.05, 0.1) is 17.8 Å². The lowest BCUT2D eigenvalue weighted by atomic mass is 10.1. The SMILES string of the molecule is O=C1C(=c2sc3nc(-c4ccncc4)nn3c2=O)c2ccccc2N1Cc1ccccc1F. The number of thiazole rings is 1. The van der Waals surface area contributed by atoms with Crippen LogP contribution in [0.2, 0.25) is 0 Å². The van der Waals surface area contributed by atoms with Crippen molar-refractivity contribution in [2.45, 2.75) is 6.54 Å². The fraction of sp³-hybridized carbons (Fsp3) is 0.0417. The number of benzene rings is 2. The average molecular weight is 455 g/mol. The van der Waals surface area contributed by atoms with Crippen LogP contribution in [0.15, 0.2) is 77.9 Å². The molecule has 33 heavy (non-hydrogen) atoms. The van der Waals surface area contributed by atoms with Gasteiger partial charge in [-0.15, -0.1) is 5.10 Å². The number of pyridine rings is 1. The lowest BCUT2D eigenvalue weighted by molar-refractivity contribution is -0.113. The Morgan fingerprint density at radius 1 is 0.939 bits per heavy atom. The van der Waals surface area contributed by atoms with E-state index in [-0.39, 0.29) is 28.4 Å². The predicted octanol–water partition coefficient (Wildman–Crippen LogP) is 2.82. The zero-order chi connectivity index (χ0) is 22.5. The van der Waals surface area contributed by atoms with Crippen molar-refractivity contribution >= 4 is 33.5 Å². The summed E-state index contributed by atoms with van der Waals surface area (Å²) in [6.07, 6.45) is 3.25. The summed E-state index contributed by atoms with van der Waals surface area (Å²) in [7, 11) is 0. The van der Waals surface area contributed by atoms with E-state index in [1.807, 2.05) is 12.1 Å². The lowest BCUT2D eigenvalue weighted by Crippen LogP contribution is -2.32. The van der Waals surface area contributed by atoms with Crippen molar-refractivity contribution in [1.82, 2.24) is 19.6 Å². The molecule has 7 nitrogen and oxygen atoms in total. The Hall–Kier alpha value is -4.24. The normalized spacial score (nSPS) is 14.8. The molecular weight excluding hydrogens is 441 g/mol. The maximum atomic E-state index is 14.3. The maximum absolute atomic E-state index is 14.3. The van der Waals surface area contributed by atoms with Crippen molar-refractivity contribution in [3.63, 3.8) is 0 Å². The third-order valence-corrected chi connectivity index (χ3v) is 6.56. The number of hydrogen-bond donors (Lipinski definition) is 0. The number of halogens is 1. The first kappa shape index (κ1) is 19.4. The molecule has 1 aliphatic heterocycles. The number of amides is 1. The van der Waals surface area contributed by atoms with Gasteiger partial charge in [-0.1, -0.05) is 47.7 Å². The van der Waals surface area contributed by atoms with Crippen LogP contribution in [-0.2, 0) is 11.3 Å². The molecule has 0 saturated heterocycles. The Morgan fingerprint density at radius 2 is 1.70 bits per heavy atom. The van der Waals surface area contributed by atoms with Crippen LogP contribution in [0.4, 0.5) is 10.1 Å². The van der Waals surface area contributed by atoms with Crippen molar-refractivity contribution in [3.05, 3.63) is 105 Å². The van der Waals surface area contributed by atoms with E-state index in [4.69, 9.17) is 0 Å². The van der Waals surface area contributed by atoms with Crippen LogP contribution < -0.4 is 15.0 Å². The van der Waals surface area contributed by atoms with Gasteiger partial charge >= 0.3 is 0 Å². The van der Waals surface area contributed by atoms with Crippen LogP contribution in [0.25, 0.3) is 21.9 Å². The maximum Gasteiger partial charge on any atom is 0.291 e. The van der Waals surface area contributed by atoms with E-state index in [2.05, 4.69) is 15.1 Å². The van der Waals surface area contributed by atoms with Gasteiger partial charge in [0.25, 0.3) is 11.5 Å². The zero-order valence-electron chi connectivity index (χ0n) is 17.0. The van der Waals surface area contributed by atoms with Gasteiger partial charge in [-0.2, -0.15) is 9.50 Å². The topological polar surface area (TPSA) is 80.5 Å². The number of carbonyl (C=O) groups excluding carboxylic acids is 1. The molecule has 160 valence electrons. The first-order chi connectivity index (χ1) is 16.1. The van der Waals surface area contributed by atoms with Gasteiger partial charge in [-0.25, -0.2) is 4.39 Å². The Morgan fingerprint density at radius 3 is 2.48 bits per heavy atom. The Kier molecular flexibility index (Phi) is 4.37. The van der Waals surface area contributed by atoms with Crippen molar-refractivity contribution in [2.75, 3.05) is 4.90 Å². The van der Waals surface area contributed by atoms with Gasteiger partial charge in [-0.3, -0.25) is 14.6 Å². The molecule has 6 rings (SSSR count). The molecule has 1 aliphatic rings. The summed E-state index contributed by atoms with van der Waals surface area (Å²) in [5.41, 5.74) is 2.29. The molecule has 9 heteroatoms. The highest BCUT2D eigenvalue weighted by atomic mass is 32.1. The number of carbonyl (C=O) groups is 1. The molecule has 0 saturated carbocycles. The van der Waals surface area contributed by atoms with Crippen molar-refractivity contribution in [2.24, 2.45) is 0 Å². The smallest absolute Gasteiger partial charge is 0.291 e. The van der Waals surface area contributed by atoms with Crippen molar-refractivity contribution < 1.29 is 9.18 Å². The fourth-order valence-corrected chi connectivity index (χ4v) is 4.96. The highest BCUT2D eigenvalue weighted by molar-refractivity contribution is 7.15. The minimum absolute atomic E-state index is 0.0627. The van der Waals surface area contributed by atoms with Crippen LogP contribution in [-0.4, -0.2) is 25.5 Å². The number of aromatic nitrogens is 4. The third kappa shape index (κ3) is 3.05. The summed E-state index contributed by atoms with van der Waals surface area (Å²) in [5.74, 6) is -0.324. The second-order valence-electron chi connectivity index (χ2n) is 7.48. The van der Waals surface area contributed by atoms with E-state index in [1.165, 1.54) is 15.5 Å². The molecule has 0 bridgehead atoms. The van der Waals surface area contributed by atoms with Crippen LogP contribution in [0.3, 0.4) is 0 Å². The number of hydrogen-bond acceptors (Lipinski definition) is 6. The van der Waals surface area contributed by atoms with E-state index in [0.717, 1.165) is 16.9 Å². The minimum Gasteiger partial charge on any atom is -0.303 e. The highest BCUT2D eigenvalue weighted by Crippen LogP contribution is 2.36. The summed E-state index contributed by atoms with van der Waals surface area (Å²) >= 11 is 1.12. The van der Waals surface area contributed by atoms with Crippen LogP contribution in [0.1, 0.15) is 11.1 Å². The van der Waals surface area contributed by atoms with E-state index in [0.29, 0.717) is 27.6 Å². The largest absolute Gasteiger partial charge is 0.303 e. The monoisotopic (exact) mass is 455 g/mol. The lowest BCUT2D eigenvalue weighted by Gasteiger charge is -2.17. The second kappa shape index (κ2) is 7.42. The molecule has 0 unspecified atom stereocenters. The molecule has 0 fully saturated rings. The summed E-state index contributed by atoms with van der Waals surface area (Å²) in [6, 6.07) is 17.1.